The summed E-state index contributed by atoms with van der Waals surface area (Å²) in [5, 5.41) is 5.15. The molecule has 0 saturated heterocycles. The molecule has 5 nitrogen and oxygen atoms in total. The molecule has 0 aliphatic heterocycles. The Bertz CT molecular complexity index is 750. The Morgan fingerprint density at radius 3 is 2.42 bits per heavy atom. The third-order valence-corrected chi connectivity index (χ3v) is 3.26. The molecule has 0 atom stereocenters. The lowest BCUT2D eigenvalue weighted by atomic mass is 10.1. The number of pyridine rings is 1. The number of hydrogen-bond acceptors (Lipinski definition) is 3. The summed E-state index contributed by atoms with van der Waals surface area (Å²) in [6.07, 6.45) is 4.46. The summed E-state index contributed by atoms with van der Waals surface area (Å²) in [5.41, 5.74) is 0.503. The number of aromatic nitrogens is 1. The van der Waals surface area contributed by atoms with E-state index in [1.165, 1.54) is 24.5 Å². The summed E-state index contributed by atoms with van der Waals surface area (Å²) < 4.78 is 26.0. The minimum atomic E-state index is -1.06. The van der Waals surface area contributed by atoms with Crippen molar-refractivity contribution in [3.05, 3.63) is 59.4 Å². The van der Waals surface area contributed by atoms with Gasteiger partial charge in [-0.15, -0.1) is 0 Å². The van der Waals surface area contributed by atoms with Crippen LogP contribution in [0.15, 0.2) is 36.7 Å². The van der Waals surface area contributed by atoms with Crippen LogP contribution in [0.2, 0.25) is 0 Å². The van der Waals surface area contributed by atoms with E-state index >= 15 is 0 Å². The summed E-state index contributed by atoms with van der Waals surface area (Å²) in [6.45, 7) is 2.55. The van der Waals surface area contributed by atoms with Gasteiger partial charge in [0.15, 0.2) is 11.6 Å². The van der Waals surface area contributed by atoms with Gasteiger partial charge in [-0.3, -0.25) is 14.6 Å². The lowest BCUT2D eigenvalue weighted by molar-refractivity contribution is 0.0953. The first-order valence-electron chi connectivity index (χ1n) is 7.51. The van der Waals surface area contributed by atoms with Crippen LogP contribution in [0, 0.1) is 11.6 Å². The van der Waals surface area contributed by atoms with E-state index in [9.17, 15) is 18.4 Å². The highest BCUT2D eigenvalue weighted by atomic mass is 19.2. The fraction of sp³-hybridized carbons (Fsp3) is 0.235. The minimum Gasteiger partial charge on any atom is -0.352 e. The van der Waals surface area contributed by atoms with Crippen LogP contribution in [0.5, 0.6) is 0 Å². The molecule has 2 rings (SSSR count). The summed E-state index contributed by atoms with van der Waals surface area (Å²) in [5.74, 6) is -2.95. The lowest BCUT2D eigenvalue weighted by Crippen LogP contribution is -2.25. The highest BCUT2D eigenvalue weighted by Crippen LogP contribution is 2.14. The van der Waals surface area contributed by atoms with Gasteiger partial charge in [0.05, 0.1) is 11.1 Å². The van der Waals surface area contributed by atoms with Crippen molar-refractivity contribution in [1.29, 1.82) is 0 Å². The molecule has 2 amide bonds. The molecule has 1 aromatic heterocycles. The molecule has 1 aromatic carbocycles. The number of hydrogen-bond donors (Lipinski definition) is 2. The number of nitrogens with zero attached hydrogens (tertiary/aromatic N) is 1. The summed E-state index contributed by atoms with van der Waals surface area (Å²) in [7, 11) is 0. The Morgan fingerprint density at radius 1 is 1.04 bits per heavy atom. The van der Waals surface area contributed by atoms with Gasteiger partial charge in [-0.05, 0) is 24.6 Å². The predicted octanol–water partition coefficient (Wildman–Crippen LogP) is 3.14. The number of nitrogens with one attached hydrogen (secondary N) is 2. The monoisotopic (exact) mass is 333 g/mol. The van der Waals surface area contributed by atoms with E-state index in [0.717, 1.165) is 25.0 Å². The smallest absolute Gasteiger partial charge is 0.257 e. The van der Waals surface area contributed by atoms with Crippen LogP contribution in [-0.2, 0) is 0 Å². The Balaban J connectivity index is 2.08. The molecule has 0 radical (unpaired) electrons. The maximum absolute atomic E-state index is 13.2. The maximum atomic E-state index is 13.2. The standard InChI is InChI=1S/C17H17F2N3O2/c1-2-3-6-21-16(23)11-7-12(10-20-9-11)17(24)22-13-4-5-14(18)15(19)8-13/h4-5,7-10H,2-3,6H2,1H3,(H,21,23)(H,22,24). The molecule has 2 aromatic rings. The van der Waals surface area contributed by atoms with E-state index in [-0.39, 0.29) is 22.7 Å². The van der Waals surface area contributed by atoms with Gasteiger partial charge >= 0.3 is 0 Å². The Hall–Kier alpha value is -2.83. The quantitative estimate of drug-likeness (QED) is 0.798. The molecule has 0 saturated carbocycles. The van der Waals surface area contributed by atoms with Gasteiger partial charge in [-0.25, -0.2) is 8.78 Å². The fourth-order valence-corrected chi connectivity index (χ4v) is 1.95. The zero-order chi connectivity index (χ0) is 17.5. The average Bonchev–Trinajstić information content (AvgIpc) is 2.58. The number of unbranched alkanes of at least 4 members (excludes halogenated alkanes) is 1. The predicted molar refractivity (Wildman–Crippen MR) is 85.8 cm³/mol. The third-order valence-electron chi connectivity index (χ3n) is 3.26. The van der Waals surface area contributed by atoms with Gasteiger partial charge in [-0.1, -0.05) is 13.3 Å². The van der Waals surface area contributed by atoms with Crippen LogP contribution in [0.4, 0.5) is 14.5 Å². The second-order valence-corrected chi connectivity index (χ2v) is 5.15. The van der Waals surface area contributed by atoms with E-state index in [1.54, 1.807) is 0 Å². The average molecular weight is 333 g/mol. The highest BCUT2D eigenvalue weighted by molar-refractivity contribution is 6.05. The van der Waals surface area contributed by atoms with Crippen molar-refractivity contribution in [2.45, 2.75) is 19.8 Å². The largest absolute Gasteiger partial charge is 0.352 e. The summed E-state index contributed by atoms with van der Waals surface area (Å²) in [6, 6.07) is 4.43. The first-order valence-corrected chi connectivity index (χ1v) is 7.51. The number of benzene rings is 1. The van der Waals surface area contributed by atoms with E-state index in [1.807, 2.05) is 6.92 Å². The number of amides is 2. The van der Waals surface area contributed by atoms with Crippen LogP contribution in [0.1, 0.15) is 40.5 Å². The molecule has 1 heterocycles. The number of carbonyl (C=O) groups excluding carboxylic acids is 2. The van der Waals surface area contributed by atoms with Crippen LogP contribution in [-0.4, -0.2) is 23.3 Å². The molecule has 126 valence electrons. The topological polar surface area (TPSA) is 71.1 Å². The van der Waals surface area contributed by atoms with Crippen LogP contribution < -0.4 is 10.6 Å². The maximum Gasteiger partial charge on any atom is 0.257 e. The highest BCUT2D eigenvalue weighted by Gasteiger charge is 2.12. The van der Waals surface area contributed by atoms with Crippen molar-refractivity contribution in [2.75, 3.05) is 11.9 Å². The van der Waals surface area contributed by atoms with Gasteiger partial charge < -0.3 is 10.6 Å². The molecule has 2 N–H and O–H groups in total. The van der Waals surface area contributed by atoms with Crippen molar-refractivity contribution in [3.63, 3.8) is 0 Å². The first kappa shape index (κ1) is 17.5. The van der Waals surface area contributed by atoms with Crippen molar-refractivity contribution in [1.82, 2.24) is 10.3 Å². The molecule has 0 aliphatic rings. The normalized spacial score (nSPS) is 10.3. The molecule has 0 unspecified atom stereocenters. The molecule has 0 spiro atoms. The van der Waals surface area contributed by atoms with Gasteiger partial charge in [0, 0.05) is 30.7 Å². The van der Waals surface area contributed by atoms with Crippen molar-refractivity contribution in [3.8, 4) is 0 Å². The fourth-order valence-electron chi connectivity index (χ4n) is 1.95. The molecule has 24 heavy (non-hydrogen) atoms. The second-order valence-electron chi connectivity index (χ2n) is 5.15. The molecular weight excluding hydrogens is 316 g/mol. The van der Waals surface area contributed by atoms with Crippen molar-refractivity contribution < 1.29 is 18.4 Å². The van der Waals surface area contributed by atoms with Crippen molar-refractivity contribution in [2.24, 2.45) is 0 Å². The Morgan fingerprint density at radius 2 is 1.75 bits per heavy atom. The number of carbonyl (C=O) groups is 2. The molecule has 0 aliphatic carbocycles. The SMILES string of the molecule is CCCCNC(=O)c1cncc(C(=O)Nc2ccc(F)c(F)c2)c1. The zero-order valence-corrected chi connectivity index (χ0v) is 13.1. The van der Waals surface area contributed by atoms with Crippen LogP contribution in [0.3, 0.4) is 0 Å². The van der Waals surface area contributed by atoms with Crippen LogP contribution >= 0.6 is 0 Å². The number of rotatable bonds is 6. The lowest BCUT2D eigenvalue weighted by Gasteiger charge is -2.07. The molecular formula is C17H17F2N3O2. The van der Waals surface area contributed by atoms with E-state index < -0.39 is 17.5 Å². The van der Waals surface area contributed by atoms with E-state index in [4.69, 9.17) is 0 Å². The molecule has 0 fully saturated rings. The summed E-state index contributed by atoms with van der Waals surface area (Å²) in [4.78, 5) is 28.0. The van der Waals surface area contributed by atoms with Gasteiger partial charge in [0.2, 0.25) is 0 Å². The third kappa shape index (κ3) is 4.58. The Kier molecular flexibility index (Phi) is 5.95. The molecule has 7 heteroatoms. The summed E-state index contributed by atoms with van der Waals surface area (Å²) >= 11 is 0. The van der Waals surface area contributed by atoms with E-state index in [2.05, 4.69) is 15.6 Å². The van der Waals surface area contributed by atoms with Gasteiger partial charge in [0.1, 0.15) is 0 Å². The zero-order valence-electron chi connectivity index (χ0n) is 13.1. The molecule has 0 bridgehead atoms. The number of anilines is 1. The van der Waals surface area contributed by atoms with Crippen molar-refractivity contribution >= 4 is 17.5 Å². The minimum absolute atomic E-state index is 0.108. The van der Waals surface area contributed by atoms with Crippen LogP contribution in [0.25, 0.3) is 0 Å². The Labute approximate surface area is 138 Å². The second kappa shape index (κ2) is 8.14. The van der Waals surface area contributed by atoms with E-state index in [0.29, 0.717) is 6.54 Å². The van der Waals surface area contributed by atoms with Gasteiger partial charge in [-0.2, -0.15) is 0 Å². The number of halogens is 2. The first-order chi connectivity index (χ1) is 11.5. The van der Waals surface area contributed by atoms with Gasteiger partial charge in [0.25, 0.3) is 11.8 Å².